The zero-order chi connectivity index (χ0) is 12.0. The summed E-state index contributed by atoms with van der Waals surface area (Å²) in [5, 5.41) is 3.03. The summed E-state index contributed by atoms with van der Waals surface area (Å²) in [7, 11) is 3.71. The second-order valence-corrected chi connectivity index (χ2v) is 4.38. The molecule has 0 unspecified atom stereocenters. The van der Waals surface area contributed by atoms with Crippen LogP contribution in [0.1, 0.15) is 10.4 Å². The van der Waals surface area contributed by atoms with Crippen LogP contribution in [-0.4, -0.2) is 44.2 Å². The number of hydrogen-bond acceptors (Lipinski definition) is 3. The molecular formula is C12H19ClN2OS. The van der Waals surface area contributed by atoms with E-state index < -0.39 is 0 Å². The Balaban J connectivity index is 0.00000256. The SMILES string of the molecule is CNCCN(C)C(=O)c1ccccc1SC.Cl. The van der Waals surface area contributed by atoms with E-state index in [2.05, 4.69) is 5.32 Å². The summed E-state index contributed by atoms with van der Waals surface area (Å²) in [5.74, 6) is 0.0835. The molecule has 0 fully saturated rings. The maximum atomic E-state index is 12.1. The van der Waals surface area contributed by atoms with Crippen molar-refractivity contribution in [2.45, 2.75) is 4.90 Å². The highest BCUT2D eigenvalue weighted by Crippen LogP contribution is 2.20. The lowest BCUT2D eigenvalue weighted by Crippen LogP contribution is -2.33. The third kappa shape index (κ3) is 4.58. The number of rotatable bonds is 5. The lowest BCUT2D eigenvalue weighted by atomic mass is 10.2. The highest BCUT2D eigenvalue weighted by atomic mass is 35.5. The molecule has 0 spiro atoms. The lowest BCUT2D eigenvalue weighted by Gasteiger charge is -2.18. The number of carbonyl (C=O) groups excluding carboxylic acids is 1. The average molecular weight is 275 g/mol. The molecule has 0 aliphatic carbocycles. The van der Waals surface area contributed by atoms with Crippen molar-refractivity contribution in [3.05, 3.63) is 29.8 Å². The molecule has 1 aromatic rings. The number of benzene rings is 1. The maximum absolute atomic E-state index is 12.1. The van der Waals surface area contributed by atoms with Gasteiger partial charge in [0, 0.05) is 25.0 Å². The molecule has 0 aromatic heterocycles. The summed E-state index contributed by atoms with van der Waals surface area (Å²) < 4.78 is 0. The van der Waals surface area contributed by atoms with E-state index in [4.69, 9.17) is 0 Å². The fraction of sp³-hybridized carbons (Fsp3) is 0.417. The average Bonchev–Trinajstić information content (AvgIpc) is 2.34. The van der Waals surface area contributed by atoms with Gasteiger partial charge in [0.05, 0.1) is 5.56 Å². The molecular weight excluding hydrogens is 256 g/mol. The molecule has 1 amide bonds. The van der Waals surface area contributed by atoms with E-state index in [0.717, 1.165) is 23.5 Å². The van der Waals surface area contributed by atoms with E-state index in [9.17, 15) is 4.79 Å². The minimum atomic E-state index is 0. The van der Waals surface area contributed by atoms with Gasteiger partial charge >= 0.3 is 0 Å². The first-order valence-electron chi connectivity index (χ1n) is 5.23. The zero-order valence-corrected chi connectivity index (χ0v) is 12.0. The predicted molar refractivity (Wildman–Crippen MR) is 76.4 cm³/mol. The molecule has 1 rings (SSSR count). The molecule has 0 heterocycles. The largest absolute Gasteiger partial charge is 0.340 e. The number of amides is 1. The Hall–Kier alpha value is -0.710. The molecule has 0 bridgehead atoms. The van der Waals surface area contributed by atoms with E-state index >= 15 is 0 Å². The van der Waals surface area contributed by atoms with Gasteiger partial charge in [-0.1, -0.05) is 12.1 Å². The minimum absolute atomic E-state index is 0. The Morgan fingerprint density at radius 1 is 1.41 bits per heavy atom. The Labute approximate surface area is 113 Å². The highest BCUT2D eigenvalue weighted by Gasteiger charge is 2.14. The van der Waals surface area contributed by atoms with E-state index in [0.29, 0.717) is 0 Å². The number of hydrogen-bond donors (Lipinski definition) is 1. The van der Waals surface area contributed by atoms with Crippen molar-refractivity contribution in [1.29, 1.82) is 0 Å². The molecule has 0 aliphatic rings. The number of nitrogens with one attached hydrogen (secondary N) is 1. The number of nitrogens with zero attached hydrogens (tertiary/aromatic N) is 1. The zero-order valence-electron chi connectivity index (χ0n) is 10.4. The Morgan fingerprint density at radius 2 is 2.06 bits per heavy atom. The summed E-state index contributed by atoms with van der Waals surface area (Å²) in [6.07, 6.45) is 1.99. The molecule has 0 atom stereocenters. The molecule has 1 aromatic carbocycles. The van der Waals surface area contributed by atoms with Gasteiger partial charge in [0.1, 0.15) is 0 Å². The summed E-state index contributed by atoms with van der Waals surface area (Å²) >= 11 is 1.60. The third-order valence-electron chi connectivity index (χ3n) is 2.38. The normalized spacial score (nSPS) is 9.59. The monoisotopic (exact) mass is 274 g/mol. The number of carbonyl (C=O) groups is 1. The van der Waals surface area contributed by atoms with Gasteiger partial charge in [-0.25, -0.2) is 0 Å². The van der Waals surface area contributed by atoms with Crippen LogP contribution in [0.3, 0.4) is 0 Å². The second kappa shape index (κ2) is 8.39. The first kappa shape index (κ1) is 16.3. The minimum Gasteiger partial charge on any atom is -0.340 e. The van der Waals surface area contributed by atoms with Crippen LogP contribution in [0.5, 0.6) is 0 Å². The first-order chi connectivity index (χ1) is 7.70. The van der Waals surface area contributed by atoms with E-state index in [-0.39, 0.29) is 18.3 Å². The lowest BCUT2D eigenvalue weighted by molar-refractivity contribution is 0.0793. The van der Waals surface area contributed by atoms with Crippen LogP contribution in [-0.2, 0) is 0 Å². The molecule has 5 heteroatoms. The third-order valence-corrected chi connectivity index (χ3v) is 3.18. The molecule has 0 aliphatic heterocycles. The van der Waals surface area contributed by atoms with Gasteiger partial charge in [-0.3, -0.25) is 4.79 Å². The van der Waals surface area contributed by atoms with Gasteiger partial charge in [0.15, 0.2) is 0 Å². The number of likely N-dealkylation sites (N-methyl/N-ethyl adjacent to an activating group) is 2. The van der Waals surface area contributed by atoms with Crippen LogP contribution in [0.4, 0.5) is 0 Å². The van der Waals surface area contributed by atoms with Crippen LogP contribution < -0.4 is 5.32 Å². The van der Waals surface area contributed by atoms with E-state index in [1.807, 2.05) is 44.6 Å². The van der Waals surface area contributed by atoms with Crippen molar-refractivity contribution in [1.82, 2.24) is 10.2 Å². The quantitative estimate of drug-likeness (QED) is 0.835. The first-order valence-corrected chi connectivity index (χ1v) is 6.46. The van der Waals surface area contributed by atoms with Crippen LogP contribution in [0.25, 0.3) is 0 Å². The number of thioether (sulfide) groups is 1. The van der Waals surface area contributed by atoms with Gasteiger partial charge in [0.2, 0.25) is 0 Å². The molecule has 1 N–H and O–H groups in total. The van der Waals surface area contributed by atoms with Gasteiger partial charge in [-0.15, -0.1) is 24.2 Å². The summed E-state index contributed by atoms with van der Waals surface area (Å²) in [5.41, 5.74) is 0.786. The van der Waals surface area contributed by atoms with Crippen molar-refractivity contribution >= 4 is 30.1 Å². The second-order valence-electron chi connectivity index (χ2n) is 3.53. The van der Waals surface area contributed by atoms with Crippen molar-refractivity contribution in [3.63, 3.8) is 0 Å². The molecule has 0 saturated carbocycles. The van der Waals surface area contributed by atoms with Gasteiger partial charge in [-0.05, 0) is 25.4 Å². The fourth-order valence-corrected chi connectivity index (χ4v) is 2.00. The Kier molecular flexibility index (Phi) is 8.04. The molecule has 0 saturated heterocycles. The fourth-order valence-electron chi connectivity index (χ4n) is 1.41. The van der Waals surface area contributed by atoms with Crippen LogP contribution in [0.2, 0.25) is 0 Å². The highest BCUT2D eigenvalue weighted by molar-refractivity contribution is 7.98. The molecule has 3 nitrogen and oxygen atoms in total. The molecule has 17 heavy (non-hydrogen) atoms. The van der Waals surface area contributed by atoms with Crippen molar-refractivity contribution in [2.75, 3.05) is 33.4 Å². The van der Waals surface area contributed by atoms with Crippen molar-refractivity contribution < 1.29 is 4.79 Å². The van der Waals surface area contributed by atoms with Gasteiger partial charge in [-0.2, -0.15) is 0 Å². The van der Waals surface area contributed by atoms with Crippen LogP contribution >= 0.6 is 24.2 Å². The van der Waals surface area contributed by atoms with Crippen molar-refractivity contribution in [3.8, 4) is 0 Å². The molecule has 0 radical (unpaired) electrons. The number of halogens is 1. The van der Waals surface area contributed by atoms with Crippen molar-refractivity contribution in [2.24, 2.45) is 0 Å². The standard InChI is InChI=1S/C12H18N2OS.ClH/c1-13-8-9-14(2)12(15)10-6-4-5-7-11(10)16-3;/h4-7,13H,8-9H2,1-3H3;1H. The van der Waals surface area contributed by atoms with E-state index in [1.54, 1.807) is 16.7 Å². The van der Waals surface area contributed by atoms with Crippen LogP contribution in [0.15, 0.2) is 29.2 Å². The van der Waals surface area contributed by atoms with E-state index in [1.165, 1.54) is 0 Å². The van der Waals surface area contributed by atoms with Crippen LogP contribution in [0, 0.1) is 0 Å². The summed E-state index contributed by atoms with van der Waals surface area (Å²) in [6, 6.07) is 7.71. The summed E-state index contributed by atoms with van der Waals surface area (Å²) in [6.45, 7) is 1.53. The Bertz CT molecular complexity index is 360. The van der Waals surface area contributed by atoms with Gasteiger partial charge in [0.25, 0.3) is 5.91 Å². The topological polar surface area (TPSA) is 32.3 Å². The summed E-state index contributed by atoms with van der Waals surface area (Å²) in [4.78, 5) is 14.9. The van der Waals surface area contributed by atoms with Gasteiger partial charge < -0.3 is 10.2 Å². The Morgan fingerprint density at radius 3 is 2.65 bits per heavy atom. The molecule has 96 valence electrons. The maximum Gasteiger partial charge on any atom is 0.254 e. The smallest absolute Gasteiger partial charge is 0.254 e. The predicted octanol–water partition coefficient (Wildman–Crippen LogP) is 2.12.